The summed E-state index contributed by atoms with van der Waals surface area (Å²) in [5, 5.41) is 13.5. The molecule has 2 unspecified atom stereocenters. The number of nitrogens with one attached hydrogen (secondary N) is 1. The quantitative estimate of drug-likeness (QED) is 0.642. The summed E-state index contributed by atoms with van der Waals surface area (Å²) in [5.41, 5.74) is 5.83. The van der Waals surface area contributed by atoms with Crippen LogP contribution in [-0.4, -0.2) is 16.4 Å². The lowest BCUT2D eigenvalue weighted by Crippen LogP contribution is -2.53. The predicted molar refractivity (Wildman–Crippen MR) is 84.0 cm³/mol. The van der Waals surface area contributed by atoms with Crippen LogP contribution in [0.3, 0.4) is 0 Å². The predicted octanol–water partition coefficient (Wildman–Crippen LogP) is 3.20. The number of halogens is 1. The van der Waals surface area contributed by atoms with E-state index in [0.29, 0.717) is 28.9 Å². The third-order valence-corrected chi connectivity index (χ3v) is 4.52. The van der Waals surface area contributed by atoms with Crippen LogP contribution < -0.4 is 11.1 Å². The maximum absolute atomic E-state index is 12.4. The van der Waals surface area contributed by atoms with Crippen LogP contribution in [0.15, 0.2) is 22.7 Å². The lowest BCUT2D eigenvalue weighted by atomic mass is 9.76. The summed E-state index contributed by atoms with van der Waals surface area (Å²) in [6.07, 6.45) is 3.36. The fraction of sp³-hybridized carbons (Fsp3) is 0.500. The summed E-state index contributed by atoms with van der Waals surface area (Å²) < 4.78 is 0.327. The summed E-state index contributed by atoms with van der Waals surface area (Å²) in [7, 11) is 0. The van der Waals surface area contributed by atoms with Crippen LogP contribution in [0.4, 0.5) is 11.4 Å². The van der Waals surface area contributed by atoms with Gasteiger partial charge < -0.3 is 11.1 Å². The number of nitro groups is 1. The van der Waals surface area contributed by atoms with E-state index in [1.54, 1.807) is 0 Å². The fourth-order valence-corrected chi connectivity index (χ4v) is 3.31. The van der Waals surface area contributed by atoms with Crippen LogP contribution >= 0.6 is 15.9 Å². The third-order valence-electron chi connectivity index (χ3n) is 3.89. The van der Waals surface area contributed by atoms with Gasteiger partial charge in [-0.25, -0.2) is 0 Å². The van der Waals surface area contributed by atoms with Gasteiger partial charge in [-0.15, -0.1) is 0 Å². The number of rotatable bonds is 3. The van der Waals surface area contributed by atoms with Crippen molar-refractivity contribution in [2.75, 3.05) is 5.32 Å². The number of nitrogens with two attached hydrogens (primary N) is 1. The minimum Gasteiger partial charge on any atom is -0.324 e. The molecule has 2 atom stereocenters. The second-order valence-electron chi connectivity index (χ2n) is 5.74. The Hall–Kier alpha value is -1.47. The van der Waals surface area contributed by atoms with Crippen molar-refractivity contribution in [2.45, 2.75) is 38.1 Å². The lowest BCUT2D eigenvalue weighted by Gasteiger charge is -2.35. The molecular weight excluding hydrogens is 338 g/mol. The van der Waals surface area contributed by atoms with Gasteiger partial charge in [-0.2, -0.15) is 0 Å². The fourth-order valence-electron chi connectivity index (χ4n) is 2.79. The Morgan fingerprint density at radius 1 is 1.57 bits per heavy atom. The molecule has 1 aliphatic carbocycles. The summed E-state index contributed by atoms with van der Waals surface area (Å²) in [6, 6.07) is 4.38. The highest BCUT2D eigenvalue weighted by Crippen LogP contribution is 2.32. The van der Waals surface area contributed by atoms with Crippen LogP contribution in [0.2, 0.25) is 0 Å². The number of benzene rings is 1. The van der Waals surface area contributed by atoms with Crippen LogP contribution in [0.5, 0.6) is 0 Å². The normalized spacial score (nSPS) is 25.4. The topological polar surface area (TPSA) is 98.3 Å². The van der Waals surface area contributed by atoms with Crippen LogP contribution in [0.25, 0.3) is 0 Å². The van der Waals surface area contributed by atoms with E-state index in [1.807, 2.05) is 0 Å². The Labute approximate surface area is 131 Å². The molecule has 0 spiro atoms. The molecule has 3 N–H and O–H groups in total. The van der Waals surface area contributed by atoms with Gasteiger partial charge >= 0.3 is 0 Å². The van der Waals surface area contributed by atoms with Gasteiger partial charge in [-0.1, -0.05) is 19.8 Å². The maximum Gasteiger partial charge on any atom is 0.283 e. The van der Waals surface area contributed by atoms with E-state index in [4.69, 9.17) is 5.73 Å². The molecule has 21 heavy (non-hydrogen) atoms. The van der Waals surface area contributed by atoms with Gasteiger partial charge in [-0.05, 0) is 46.8 Å². The summed E-state index contributed by atoms with van der Waals surface area (Å²) in [5.74, 6) is 0.202. The van der Waals surface area contributed by atoms with E-state index < -0.39 is 10.5 Å². The van der Waals surface area contributed by atoms with Crippen molar-refractivity contribution < 1.29 is 9.72 Å². The number of amides is 1. The monoisotopic (exact) mass is 355 g/mol. The van der Waals surface area contributed by atoms with E-state index >= 15 is 0 Å². The number of nitro benzene ring substituents is 1. The van der Waals surface area contributed by atoms with Crippen molar-refractivity contribution in [3.8, 4) is 0 Å². The van der Waals surface area contributed by atoms with Gasteiger partial charge in [0.05, 0.1) is 14.9 Å². The van der Waals surface area contributed by atoms with Gasteiger partial charge in [0.15, 0.2) is 0 Å². The Bertz CT molecular complexity index is 579. The summed E-state index contributed by atoms with van der Waals surface area (Å²) in [4.78, 5) is 22.7. The SMILES string of the molecule is CC1CCCC(N)(C(=O)Nc2ccc([N+](=O)[O-])c(Br)c2)C1. The average Bonchev–Trinajstić information content (AvgIpc) is 2.37. The van der Waals surface area contributed by atoms with Gasteiger partial charge in [0.25, 0.3) is 5.69 Å². The number of nitrogens with zero attached hydrogens (tertiary/aromatic N) is 1. The Morgan fingerprint density at radius 3 is 2.86 bits per heavy atom. The number of anilines is 1. The average molecular weight is 356 g/mol. The van der Waals surface area contributed by atoms with Crippen molar-refractivity contribution in [3.05, 3.63) is 32.8 Å². The molecule has 1 aliphatic rings. The minimum absolute atomic E-state index is 0.0400. The molecular formula is C14H18BrN3O3. The highest BCUT2D eigenvalue weighted by Gasteiger charge is 2.38. The van der Waals surface area contributed by atoms with Crippen molar-refractivity contribution in [1.82, 2.24) is 0 Å². The van der Waals surface area contributed by atoms with Crippen molar-refractivity contribution in [3.63, 3.8) is 0 Å². The summed E-state index contributed by atoms with van der Waals surface area (Å²) in [6.45, 7) is 2.09. The van der Waals surface area contributed by atoms with E-state index in [0.717, 1.165) is 12.8 Å². The van der Waals surface area contributed by atoms with E-state index in [-0.39, 0.29) is 11.6 Å². The lowest BCUT2D eigenvalue weighted by molar-refractivity contribution is -0.385. The molecule has 0 saturated heterocycles. The standard InChI is InChI=1S/C14H18BrN3O3/c1-9-3-2-6-14(16,8-9)13(19)17-10-4-5-12(18(20)21)11(15)7-10/h4-5,7,9H,2-3,6,8,16H2,1H3,(H,17,19). The van der Waals surface area contributed by atoms with Crippen LogP contribution in [0, 0.1) is 16.0 Å². The largest absolute Gasteiger partial charge is 0.324 e. The van der Waals surface area contributed by atoms with Crippen molar-refractivity contribution >= 4 is 33.2 Å². The van der Waals surface area contributed by atoms with E-state index in [2.05, 4.69) is 28.2 Å². The highest BCUT2D eigenvalue weighted by molar-refractivity contribution is 9.10. The molecule has 2 rings (SSSR count). The molecule has 0 aromatic heterocycles. The van der Waals surface area contributed by atoms with Crippen LogP contribution in [0.1, 0.15) is 32.6 Å². The zero-order valence-electron chi connectivity index (χ0n) is 11.8. The van der Waals surface area contributed by atoms with E-state index in [1.165, 1.54) is 18.2 Å². The van der Waals surface area contributed by atoms with Crippen LogP contribution in [-0.2, 0) is 4.79 Å². The zero-order valence-corrected chi connectivity index (χ0v) is 13.4. The van der Waals surface area contributed by atoms with Gasteiger partial charge in [0.1, 0.15) is 0 Å². The molecule has 1 aromatic rings. The molecule has 0 aliphatic heterocycles. The first-order valence-electron chi connectivity index (χ1n) is 6.86. The smallest absolute Gasteiger partial charge is 0.283 e. The third kappa shape index (κ3) is 3.59. The molecule has 6 nitrogen and oxygen atoms in total. The number of hydrogen-bond acceptors (Lipinski definition) is 4. The Morgan fingerprint density at radius 2 is 2.29 bits per heavy atom. The Balaban J connectivity index is 2.12. The van der Waals surface area contributed by atoms with E-state index in [9.17, 15) is 14.9 Å². The number of hydrogen-bond donors (Lipinski definition) is 2. The molecule has 1 aromatic carbocycles. The molecule has 1 amide bonds. The maximum atomic E-state index is 12.4. The summed E-state index contributed by atoms with van der Waals surface area (Å²) >= 11 is 3.13. The molecule has 7 heteroatoms. The highest BCUT2D eigenvalue weighted by atomic mass is 79.9. The molecule has 1 saturated carbocycles. The Kier molecular flexibility index (Phi) is 4.63. The molecule has 114 valence electrons. The first-order valence-corrected chi connectivity index (χ1v) is 7.65. The van der Waals surface area contributed by atoms with Gasteiger partial charge in [-0.3, -0.25) is 14.9 Å². The van der Waals surface area contributed by atoms with Crippen molar-refractivity contribution in [1.29, 1.82) is 0 Å². The second kappa shape index (κ2) is 6.11. The molecule has 1 fully saturated rings. The number of carbonyl (C=O) groups excluding carboxylic acids is 1. The van der Waals surface area contributed by atoms with Gasteiger partial charge in [0.2, 0.25) is 5.91 Å². The first-order chi connectivity index (χ1) is 9.82. The minimum atomic E-state index is -0.855. The molecule has 0 bridgehead atoms. The number of carbonyl (C=O) groups is 1. The van der Waals surface area contributed by atoms with Crippen molar-refractivity contribution in [2.24, 2.45) is 11.7 Å². The molecule has 0 radical (unpaired) electrons. The zero-order chi connectivity index (χ0) is 15.6. The molecule has 0 heterocycles. The van der Waals surface area contributed by atoms with Gasteiger partial charge in [0, 0.05) is 11.8 Å². The second-order valence-corrected chi connectivity index (χ2v) is 6.59. The first kappa shape index (κ1) is 15.9.